The highest BCUT2D eigenvalue weighted by atomic mass is 35.5. The summed E-state index contributed by atoms with van der Waals surface area (Å²) < 4.78 is 0. The summed E-state index contributed by atoms with van der Waals surface area (Å²) in [5, 5.41) is 3.54. The molecule has 1 heterocycles. The van der Waals surface area contributed by atoms with Crippen LogP contribution in [0.3, 0.4) is 0 Å². The lowest BCUT2D eigenvalue weighted by Crippen LogP contribution is -2.20. The maximum atomic E-state index is 3.54. The van der Waals surface area contributed by atoms with Gasteiger partial charge in [0.05, 0.1) is 0 Å². The monoisotopic (exact) mass is 237 g/mol. The molecule has 0 amide bonds. The number of fused-ring (bicyclic) bond motifs is 3. The Morgan fingerprint density at radius 1 is 1.31 bits per heavy atom. The largest absolute Gasteiger partial charge is 0.316 e. The van der Waals surface area contributed by atoms with Gasteiger partial charge in [-0.15, -0.1) is 12.4 Å². The highest BCUT2D eigenvalue weighted by Crippen LogP contribution is 2.39. The molecule has 0 saturated carbocycles. The molecule has 0 aromatic heterocycles. The number of benzene rings is 1. The molecule has 1 saturated heterocycles. The molecule has 1 aromatic rings. The third-order valence-electron chi connectivity index (χ3n) is 4.19. The van der Waals surface area contributed by atoms with Gasteiger partial charge in [0.1, 0.15) is 0 Å². The molecular weight excluding hydrogens is 218 g/mol. The number of hydrogen-bond donors (Lipinski definition) is 1. The van der Waals surface area contributed by atoms with Crippen molar-refractivity contribution in [3.63, 3.8) is 0 Å². The zero-order valence-electron chi connectivity index (χ0n) is 9.83. The maximum absolute atomic E-state index is 3.54. The second-order valence-corrected chi connectivity index (χ2v) is 4.90. The predicted octanol–water partition coefficient (Wildman–Crippen LogP) is 2.92. The third kappa shape index (κ3) is 1.76. The van der Waals surface area contributed by atoms with Gasteiger partial charge in [0.25, 0.3) is 0 Å². The molecule has 0 spiro atoms. The van der Waals surface area contributed by atoms with Gasteiger partial charge in [-0.3, -0.25) is 0 Å². The van der Waals surface area contributed by atoms with Gasteiger partial charge >= 0.3 is 0 Å². The molecule has 2 aliphatic rings. The summed E-state index contributed by atoms with van der Waals surface area (Å²) in [5.41, 5.74) is 4.90. The average Bonchev–Trinajstić information content (AvgIpc) is 2.76. The number of halogens is 1. The molecule has 1 fully saturated rings. The molecule has 1 aliphatic carbocycles. The lowest BCUT2D eigenvalue weighted by molar-refractivity contribution is 0.450. The minimum Gasteiger partial charge on any atom is -0.316 e. The molecule has 3 rings (SSSR count). The normalized spacial score (nSPS) is 26.8. The summed E-state index contributed by atoms with van der Waals surface area (Å²) >= 11 is 0. The molecule has 0 radical (unpaired) electrons. The van der Waals surface area contributed by atoms with E-state index in [1.54, 1.807) is 16.7 Å². The van der Waals surface area contributed by atoms with E-state index < -0.39 is 0 Å². The second-order valence-electron chi connectivity index (χ2n) is 4.90. The fourth-order valence-corrected chi connectivity index (χ4v) is 3.37. The van der Waals surface area contributed by atoms with Gasteiger partial charge in [0, 0.05) is 12.5 Å². The minimum absolute atomic E-state index is 0. The Bertz CT molecular complexity index is 375. The van der Waals surface area contributed by atoms with E-state index in [4.69, 9.17) is 0 Å². The number of rotatable bonds is 1. The molecule has 1 N–H and O–H groups in total. The maximum Gasteiger partial charge on any atom is 0.00235 e. The van der Waals surface area contributed by atoms with Crippen molar-refractivity contribution in [1.82, 2.24) is 5.32 Å². The van der Waals surface area contributed by atoms with E-state index in [1.165, 1.54) is 32.4 Å². The quantitative estimate of drug-likeness (QED) is 0.792. The third-order valence-corrected chi connectivity index (χ3v) is 4.19. The summed E-state index contributed by atoms with van der Waals surface area (Å²) in [7, 11) is 0. The lowest BCUT2D eigenvalue weighted by atomic mass is 9.75. The van der Waals surface area contributed by atoms with Crippen LogP contribution >= 0.6 is 12.4 Å². The van der Waals surface area contributed by atoms with Crippen molar-refractivity contribution in [3.8, 4) is 0 Å². The highest BCUT2D eigenvalue weighted by Gasteiger charge is 2.33. The fraction of sp³-hybridized carbons (Fsp3) is 0.571. The van der Waals surface area contributed by atoms with E-state index in [1.807, 2.05) is 0 Å². The van der Waals surface area contributed by atoms with Gasteiger partial charge in [0.2, 0.25) is 0 Å². The van der Waals surface area contributed by atoms with Gasteiger partial charge in [-0.1, -0.05) is 25.1 Å². The Morgan fingerprint density at radius 3 is 3.00 bits per heavy atom. The molecule has 0 unspecified atom stereocenters. The van der Waals surface area contributed by atoms with Crippen molar-refractivity contribution < 1.29 is 0 Å². The van der Waals surface area contributed by atoms with E-state index in [-0.39, 0.29) is 12.4 Å². The summed E-state index contributed by atoms with van der Waals surface area (Å²) in [5.74, 6) is 1.71. The van der Waals surface area contributed by atoms with Crippen LogP contribution < -0.4 is 5.32 Å². The Morgan fingerprint density at radius 2 is 2.19 bits per heavy atom. The molecule has 16 heavy (non-hydrogen) atoms. The molecule has 2 heteroatoms. The Balaban J connectivity index is 0.000000963. The van der Waals surface area contributed by atoms with Gasteiger partial charge < -0.3 is 5.32 Å². The van der Waals surface area contributed by atoms with Crippen molar-refractivity contribution in [3.05, 3.63) is 34.9 Å². The van der Waals surface area contributed by atoms with E-state index in [0.29, 0.717) is 0 Å². The van der Waals surface area contributed by atoms with Gasteiger partial charge in [-0.2, -0.15) is 0 Å². The first-order valence-corrected chi connectivity index (χ1v) is 6.21. The summed E-state index contributed by atoms with van der Waals surface area (Å²) in [6.45, 7) is 4.71. The predicted molar refractivity (Wildman–Crippen MR) is 70.5 cm³/mol. The van der Waals surface area contributed by atoms with Crippen LogP contribution in [0, 0.1) is 5.92 Å². The lowest BCUT2D eigenvalue weighted by Gasteiger charge is -2.29. The Kier molecular flexibility index (Phi) is 3.56. The molecule has 1 aromatic carbocycles. The van der Waals surface area contributed by atoms with E-state index in [0.717, 1.165) is 11.8 Å². The Hall–Kier alpha value is -0.530. The number of hydrogen-bond acceptors (Lipinski definition) is 1. The SMILES string of the molecule is CCc1cccc2c1CC[C@H]1CNC[C@@H]21.Cl. The second kappa shape index (κ2) is 4.77. The van der Waals surface area contributed by atoms with Crippen molar-refractivity contribution in [2.75, 3.05) is 13.1 Å². The van der Waals surface area contributed by atoms with E-state index >= 15 is 0 Å². The van der Waals surface area contributed by atoms with Gasteiger partial charge in [-0.25, -0.2) is 0 Å². The topological polar surface area (TPSA) is 12.0 Å². The first kappa shape index (κ1) is 11.9. The molecule has 1 aliphatic heterocycles. The zero-order valence-corrected chi connectivity index (χ0v) is 10.6. The smallest absolute Gasteiger partial charge is 0.00235 e. The van der Waals surface area contributed by atoms with E-state index in [2.05, 4.69) is 30.4 Å². The van der Waals surface area contributed by atoms with Crippen LogP contribution in [0.25, 0.3) is 0 Å². The van der Waals surface area contributed by atoms with Crippen LogP contribution in [0.2, 0.25) is 0 Å². The number of nitrogens with one attached hydrogen (secondary N) is 1. The van der Waals surface area contributed by atoms with Crippen LogP contribution in [0.1, 0.15) is 36.0 Å². The summed E-state index contributed by atoms with van der Waals surface area (Å²) in [6.07, 6.45) is 3.89. The van der Waals surface area contributed by atoms with Crippen LogP contribution in [0.15, 0.2) is 18.2 Å². The van der Waals surface area contributed by atoms with Crippen molar-refractivity contribution in [2.24, 2.45) is 5.92 Å². The molecule has 1 nitrogen and oxygen atoms in total. The molecule has 0 bridgehead atoms. The Labute approximate surface area is 104 Å². The number of aryl methyl sites for hydroxylation is 1. The molecular formula is C14H20ClN. The summed E-state index contributed by atoms with van der Waals surface area (Å²) in [6, 6.07) is 6.91. The minimum atomic E-state index is 0. The van der Waals surface area contributed by atoms with Crippen LogP contribution in [0.4, 0.5) is 0 Å². The van der Waals surface area contributed by atoms with Gasteiger partial charge in [-0.05, 0) is 48.4 Å². The van der Waals surface area contributed by atoms with Crippen molar-refractivity contribution >= 4 is 12.4 Å². The first-order valence-electron chi connectivity index (χ1n) is 6.21. The van der Waals surface area contributed by atoms with Gasteiger partial charge in [0.15, 0.2) is 0 Å². The first-order chi connectivity index (χ1) is 7.40. The standard InChI is InChI=1S/C14H19N.ClH/c1-2-10-4-3-5-13-12(10)7-6-11-8-15-9-14(11)13;/h3-5,11,14-15H,2,6-9H2,1H3;1H/t11-,14+;/m0./s1. The van der Waals surface area contributed by atoms with Crippen molar-refractivity contribution in [1.29, 1.82) is 0 Å². The van der Waals surface area contributed by atoms with Crippen LogP contribution in [-0.4, -0.2) is 13.1 Å². The fourth-order valence-electron chi connectivity index (χ4n) is 3.37. The molecule has 88 valence electrons. The van der Waals surface area contributed by atoms with Crippen LogP contribution in [-0.2, 0) is 12.8 Å². The highest BCUT2D eigenvalue weighted by molar-refractivity contribution is 5.85. The van der Waals surface area contributed by atoms with Crippen molar-refractivity contribution in [2.45, 2.75) is 32.1 Å². The van der Waals surface area contributed by atoms with E-state index in [9.17, 15) is 0 Å². The van der Waals surface area contributed by atoms with Crippen LogP contribution in [0.5, 0.6) is 0 Å². The molecule has 2 atom stereocenters. The average molecular weight is 238 g/mol. The summed E-state index contributed by atoms with van der Waals surface area (Å²) in [4.78, 5) is 0. The zero-order chi connectivity index (χ0) is 10.3.